The normalized spacial score (nSPS) is 10.9. The number of fused-ring (bicyclic) bond motifs is 3. The van der Waals surface area contributed by atoms with Gasteiger partial charge in [-0.25, -0.2) is 0 Å². The molecule has 33 heavy (non-hydrogen) atoms. The molecule has 162 valence electrons. The van der Waals surface area contributed by atoms with Gasteiger partial charge in [0, 0.05) is 16.9 Å². The molecular weight excluding hydrogens is 420 g/mol. The van der Waals surface area contributed by atoms with Crippen LogP contribution in [0.5, 0.6) is 0 Å². The number of anilines is 2. The molecule has 0 saturated heterocycles. The minimum absolute atomic E-state index is 0.148. The first-order valence-electron chi connectivity index (χ1n) is 10.2. The molecule has 0 unspecified atom stereocenters. The third kappa shape index (κ3) is 3.94. The third-order valence-corrected chi connectivity index (χ3v) is 5.18. The van der Waals surface area contributed by atoms with Crippen LogP contribution in [0.3, 0.4) is 0 Å². The van der Waals surface area contributed by atoms with E-state index in [1.54, 1.807) is 52.9 Å². The van der Waals surface area contributed by atoms with E-state index in [0.717, 1.165) is 5.52 Å². The first-order valence-corrected chi connectivity index (χ1v) is 10.2. The van der Waals surface area contributed by atoms with Crippen LogP contribution in [0, 0.1) is 0 Å². The number of carbonyl (C=O) groups excluding carboxylic acids is 2. The first kappa shape index (κ1) is 20.1. The number of hydrogen-bond donors (Lipinski definition) is 2. The minimum atomic E-state index is -0.408. The average molecular weight is 438 g/mol. The van der Waals surface area contributed by atoms with Crippen LogP contribution in [0.25, 0.3) is 16.7 Å². The third-order valence-electron chi connectivity index (χ3n) is 5.18. The Morgan fingerprint density at radius 2 is 1.45 bits per heavy atom. The molecule has 0 atom stereocenters. The van der Waals surface area contributed by atoms with Gasteiger partial charge in [0.05, 0.1) is 11.0 Å². The fourth-order valence-corrected chi connectivity index (χ4v) is 3.61. The molecule has 2 aromatic heterocycles. The van der Waals surface area contributed by atoms with Crippen molar-refractivity contribution in [2.75, 3.05) is 10.6 Å². The largest absolute Gasteiger partial charge is 0.325 e. The Bertz CT molecular complexity index is 1540. The lowest BCUT2D eigenvalue weighted by molar-refractivity contribution is -0.116. The van der Waals surface area contributed by atoms with E-state index in [1.165, 1.54) is 10.9 Å². The van der Waals surface area contributed by atoms with Gasteiger partial charge >= 0.3 is 0 Å². The van der Waals surface area contributed by atoms with E-state index in [9.17, 15) is 14.4 Å². The van der Waals surface area contributed by atoms with Gasteiger partial charge in [0.25, 0.3) is 11.5 Å². The Kier molecular flexibility index (Phi) is 5.12. The van der Waals surface area contributed by atoms with Crippen molar-refractivity contribution in [3.05, 3.63) is 101 Å². The summed E-state index contributed by atoms with van der Waals surface area (Å²) >= 11 is 0. The van der Waals surface area contributed by atoms with Crippen LogP contribution in [0.4, 0.5) is 11.4 Å². The summed E-state index contributed by atoms with van der Waals surface area (Å²) in [5.74, 6) is -0.633. The number of aromatic nitrogens is 4. The molecule has 0 bridgehead atoms. The Balaban J connectivity index is 1.33. The molecule has 0 aliphatic heterocycles. The number of nitrogens with zero attached hydrogens (tertiary/aromatic N) is 4. The number of para-hydroxylation sites is 3. The Hall–Kier alpha value is -4.79. The predicted octanol–water partition coefficient (Wildman–Crippen LogP) is 2.94. The minimum Gasteiger partial charge on any atom is -0.325 e. The molecule has 9 nitrogen and oxygen atoms in total. The number of carbonyl (C=O) groups is 2. The highest BCUT2D eigenvalue weighted by molar-refractivity contribution is 6.04. The van der Waals surface area contributed by atoms with Gasteiger partial charge in [0.2, 0.25) is 11.6 Å². The molecule has 2 amide bonds. The maximum atomic E-state index is 12.9. The summed E-state index contributed by atoms with van der Waals surface area (Å²) in [6.07, 6.45) is 1.47. The van der Waals surface area contributed by atoms with E-state index in [4.69, 9.17) is 0 Å². The smallest absolute Gasteiger partial charge is 0.297 e. The molecule has 5 aromatic rings. The molecule has 2 N–H and O–H groups in total. The topological polar surface area (TPSA) is 110 Å². The lowest BCUT2D eigenvalue weighted by atomic mass is 10.2. The molecule has 0 radical (unpaired) electrons. The lowest BCUT2D eigenvalue weighted by Gasteiger charge is -2.12. The van der Waals surface area contributed by atoms with Crippen LogP contribution in [0.1, 0.15) is 10.4 Å². The van der Waals surface area contributed by atoms with Gasteiger partial charge in [-0.1, -0.05) is 30.3 Å². The van der Waals surface area contributed by atoms with Crippen LogP contribution in [0.2, 0.25) is 0 Å². The highest BCUT2D eigenvalue weighted by Crippen LogP contribution is 2.15. The molecule has 5 rings (SSSR count). The fraction of sp³-hybridized carbons (Fsp3) is 0.0417. The van der Waals surface area contributed by atoms with Crippen LogP contribution < -0.4 is 16.2 Å². The maximum absolute atomic E-state index is 12.9. The van der Waals surface area contributed by atoms with Crippen molar-refractivity contribution >= 4 is 39.9 Å². The molecular formula is C24H18N6O3. The Morgan fingerprint density at radius 1 is 0.788 bits per heavy atom. The zero-order chi connectivity index (χ0) is 22.8. The Labute approximate surface area is 187 Å². The van der Waals surface area contributed by atoms with E-state index in [-0.39, 0.29) is 24.0 Å². The highest BCUT2D eigenvalue weighted by Gasteiger charge is 2.15. The predicted molar refractivity (Wildman–Crippen MR) is 124 cm³/mol. The van der Waals surface area contributed by atoms with Crippen molar-refractivity contribution in [3.8, 4) is 0 Å². The zero-order valence-electron chi connectivity index (χ0n) is 17.3. The van der Waals surface area contributed by atoms with Crippen molar-refractivity contribution < 1.29 is 9.59 Å². The molecule has 0 fully saturated rings. The van der Waals surface area contributed by atoms with Crippen molar-refractivity contribution in [1.82, 2.24) is 19.2 Å². The highest BCUT2D eigenvalue weighted by atomic mass is 16.2. The maximum Gasteiger partial charge on any atom is 0.297 e. The van der Waals surface area contributed by atoms with Crippen molar-refractivity contribution in [2.45, 2.75) is 6.54 Å². The van der Waals surface area contributed by atoms with Gasteiger partial charge in [0.15, 0.2) is 0 Å². The van der Waals surface area contributed by atoms with Gasteiger partial charge in [-0.05, 0) is 48.5 Å². The lowest BCUT2D eigenvalue weighted by Crippen LogP contribution is -2.29. The SMILES string of the molecule is O=C(Cn1c(=O)c2nncn2c2ccccc21)Nc1ccc(C(=O)Nc2ccccc2)cc1. The van der Waals surface area contributed by atoms with E-state index in [2.05, 4.69) is 20.8 Å². The number of amides is 2. The van der Waals surface area contributed by atoms with Gasteiger partial charge in [-0.2, -0.15) is 0 Å². The molecule has 0 spiro atoms. The van der Waals surface area contributed by atoms with Crippen LogP contribution in [0.15, 0.2) is 90.0 Å². The monoisotopic (exact) mass is 438 g/mol. The molecule has 0 aliphatic rings. The summed E-state index contributed by atoms with van der Waals surface area (Å²) in [7, 11) is 0. The first-order chi connectivity index (χ1) is 16.1. The average Bonchev–Trinajstić information content (AvgIpc) is 3.33. The summed E-state index contributed by atoms with van der Waals surface area (Å²) in [4.78, 5) is 38.0. The van der Waals surface area contributed by atoms with E-state index in [1.807, 2.05) is 30.3 Å². The molecule has 2 heterocycles. The summed E-state index contributed by atoms with van der Waals surface area (Å²) < 4.78 is 2.97. The van der Waals surface area contributed by atoms with Crippen molar-refractivity contribution in [3.63, 3.8) is 0 Å². The molecule has 9 heteroatoms. The summed E-state index contributed by atoms with van der Waals surface area (Å²) in [6.45, 7) is -0.195. The summed E-state index contributed by atoms with van der Waals surface area (Å²) in [6, 6.07) is 22.9. The van der Waals surface area contributed by atoms with Gasteiger partial charge < -0.3 is 10.6 Å². The summed E-state index contributed by atoms with van der Waals surface area (Å²) in [5.41, 5.74) is 2.72. The van der Waals surface area contributed by atoms with Gasteiger partial charge in [-0.3, -0.25) is 23.4 Å². The molecule has 0 saturated carbocycles. The number of hydrogen-bond acceptors (Lipinski definition) is 5. The second-order valence-corrected chi connectivity index (χ2v) is 7.35. The van der Waals surface area contributed by atoms with Crippen LogP contribution in [-0.2, 0) is 11.3 Å². The molecule has 3 aromatic carbocycles. The standard InChI is InChI=1S/C24H18N6O3/c31-21(14-29-19-8-4-5-9-20(19)30-15-25-28-22(30)24(29)33)26-18-12-10-16(11-13-18)23(32)27-17-6-2-1-3-7-17/h1-13,15H,14H2,(H,26,31)(H,27,32). The second-order valence-electron chi connectivity index (χ2n) is 7.35. The zero-order valence-corrected chi connectivity index (χ0v) is 17.3. The second kappa shape index (κ2) is 8.39. The number of rotatable bonds is 5. The quantitative estimate of drug-likeness (QED) is 0.438. The van der Waals surface area contributed by atoms with E-state index in [0.29, 0.717) is 22.5 Å². The van der Waals surface area contributed by atoms with Gasteiger partial charge in [0.1, 0.15) is 12.9 Å². The van der Waals surface area contributed by atoms with E-state index >= 15 is 0 Å². The molecule has 0 aliphatic carbocycles. The Morgan fingerprint density at radius 3 is 2.21 bits per heavy atom. The number of nitrogens with one attached hydrogen (secondary N) is 2. The number of benzene rings is 3. The van der Waals surface area contributed by atoms with E-state index < -0.39 is 5.56 Å². The van der Waals surface area contributed by atoms with Gasteiger partial charge in [-0.15, -0.1) is 10.2 Å². The van der Waals surface area contributed by atoms with Crippen LogP contribution in [-0.4, -0.2) is 31.0 Å². The van der Waals surface area contributed by atoms with Crippen LogP contribution >= 0.6 is 0 Å². The van der Waals surface area contributed by atoms with Crippen molar-refractivity contribution in [2.24, 2.45) is 0 Å². The summed E-state index contributed by atoms with van der Waals surface area (Å²) in [5, 5.41) is 13.3. The van der Waals surface area contributed by atoms with Crippen molar-refractivity contribution in [1.29, 1.82) is 0 Å². The fourth-order valence-electron chi connectivity index (χ4n) is 3.61.